The van der Waals surface area contributed by atoms with Gasteiger partial charge in [-0.15, -0.1) is 0 Å². The molecule has 0 aliphatic carbocycles. The lowest BCUT2D eigenvalue weighted by atomic mass is 10.0. The van der Waals surface area contributed by atoms with Crippen LogP contribution in [0.4, 0.5) is 13.2 Å². The number of rotatable bonds is 9. The molecule has 0 radical (unpaired) electrons. The number of alkyl halides is 3. The second kappa shape index (κ2) is 11.4. The molecule has 3 aromatic rings. The Labute approximate surface area is 195 Å². The third-order valence-corrected chi connectivity index (χ3v) is 5.31. The molecule has 0 bridgehead atoms. The number of aromatic nitrogens is 2. The van der Waals surface area contributed by atoms with Gasteiger partial charge in [0.05, 0.1) is 0 Å². The number of nitrogens with one attached hydrogen (secondary N) is 1. The maximum absolute atomic E-state index is 13.6. The molecule has 0 aliphatic rings. The van der Waals surface area contributed by atoms with Crippen molar-refractivity contribution in [2.75, 3.05) is 13.1 Å². The minimum atomic E-state index is -5.13. The molecular formula is C25H25F3N4O2. The van der Waals surface area contributed by atoms with Gasteiger partial charge in [0.2, 0.25) is 5.91 Å². The first kappa shape index (κ1) is 24.9. The van der Waals surface area contributed by atoms with E-state index in [0.717, 1.165) is 11.1 Å². The number of hydrogen-bond donors (Lipinski definition) is 1. The molecule has 6 nitrogen and oxygen atoms in total. The van der Waals surface area contributed by atoms with Crippen LogP contribution in [-0.2, 0) is 22.4 Å². The number of carbonyl (C=O) groups excluding carboxylic acids is 2. The summed E-state index contributed by atoms with van der Waals surface area (Å²) in [6.45, 7) is 1.73. The van der Waals surface area contributed by atoms with Crippen LogP contribution in [0, 0.1) is 6.92 Å². The zero-order valence-electron chi connectivity index (χ0n) is 18.6. The second-order valence-corrected chi connectivity index (χ2v) is 7.81. The highest BCUT2D eigenvalue weighted by atomic mass is 19.4. The van der Waals surface area contributed by atoms with Gasteiger partial charge in [0, 0.05) is 37.9 Å². The molecule has 178 valence electrons. The topological polar surface area (TPSA) is 75.2 Å². The van der Waals surface area contributed by atoms with Crippen LogP contribution in [0.3, 0.4) is 0 Å². The zero-order valence-corrected chi connectivity index (χ0v) is 18.6. The number of amides is 2. The standard InChI is InChI=1S/C25H25F3N4O2/c1-18-2-4-21(5-3-18)22(23(33)31-16-10-19-6-12-29-13-7-19)32(24(34)25(26,27)28)17-11-20-8-14-30-15-9-20/h2-9,12-15,22H,10-11,16-17H2,1H3,(H,31,33). The normalized spacial score (nSPS) is 12.1. The molecule has 0 aliphatic heterocycles. The first-order valence-corrected chi connectivity index (χ1v) is 10.8. The fourth-order valence-corrected chi connectivity index (χ4v) is 3.51. The van der Waals surface area contributed by atoms with Crippen molar-refractivity contribution in [2.45, 2.75) is 32.0 Å². The summed E-state index contributed by atoms with van der Waals surface area (Å²) in [6.07, 6.45) is 1.77. The van der Waals surface area contributed by atoms with Crippen LogP contribution in [0.15, 0.2) is 73.3 Å². The largest absolute Gasteiger partial charge is 0.471 e. The van der Waals surface area contributed by atoms with Gasteiger partial charge < -0.3 is 10.2 Å². The fraction of sp³-hybridized carbons (Fsp3) is 0.280. The van der Waals surface area contributed by atoms with Crippen LogP contribution in [0.5, 0.6) is 0 Å². The molecule has 0 spiro atoms. The summed E-state index contributed by atoms with van der Waals surface area (Å²) in [5, 5.41) is 2.70. The molecule has 2 amide bonds. The Hall–Kier alpha value is -3.75. The molecule has 34 heavy (non-hydrogen) atoms. The molecule has 1 aromatic carbocycles. The minimum absolute atomic E-state index is 0.136. The Morgan fingerprint density at radius 3 is 1.94 bits per heavy atom. The first-order valence-electron chi connectivity index (χ1n) is 10.8. The van der Waals surface area contributed by atoms with Crippen LogP contribution in [0.25, 0.3) is 0 Å². The van der Waals surface area contributed by atoms with Gasteiger partial charge in [-0.2, -0.15) is 13.2 Å². The summed E-state index contributed by atoms with van der Waals surface area (Å²) in [4.78, 5) is 34.1. The molecule has 1 N–H and O–H groups in total. The lowest BCUT2D eigenvalue weighted by Crippen LogP contribution is -2.49. The van der Waals surface area contributed by atoms with Gasteiger partial charge in [0.25, 0.3) is 0 Å². The van der Waals surface area contributed by atoms with E-state index in [2.05, 4.69) is 15.3 Å². The summed E-state index contributed by atoms with van der Waals surface area (Å²) in [7, 11) is 0. The number of halogens is 3. The third kappa shape index (κ3) is 6.87. The SMILES string of the molecule is Cc1ccc(C(C(=O)NCCc2ccncc2)N(CCc2ccncc2)C(=O)C(F)(F)F)cc1. The van der Waals surface area contributed by atoms with Crippen LogP contribution >= 0.6 is 0 Å². The van der Waals surface area contributed by atoms with Crippen molar-refractivity contribution >= 4 is 11.8 Å². The summed E-state index contributed by atoms with van der Waals surface area (Å²) in [6, 6.07) is 12.0. The molecule has 0 saturated carbocycles. The number of aryl methyl sites for hydroxylation is 1. The van der Waals surface area contributed by atoms with Crippen molar-refractivity contribution in [3.05, 3.63) is 95.6 Å². The molecule has 2 aromatic heterocycles. The van der Waals surface area contributed by atoms with Crippen molar-refractivity contribution in [3.63, 3.8) is 0 Å². The molecule has 3 rings (SSSR count). The van der Waals surface area contributed by atoms with Gasteiger partial charge in [-0.05, 0) is 60.7 Å². The van der Waals surface area contributed by atoms with Crippen LogP contribution < -0.4 is 5.32 Å². The number of carbonyl (C=O) groups is 2. The monoisotopic (exact) mass is 470 g/mol. The van der Waals surface area contributed by atoms with E-state index in [4.69, 9.17) is 0 Å². The predicted octanol–water partition coefficient (Wildman–Crippen LogP) is 3.82. The summed E-state index contributed by atoms with van der Waals surface area (Å²) >= 11 is 0. The molecule has 1 atom stereocenters. The van der Waals surface area contributed by atoms with Crippen molar-refractivity contribution in [1.29, 1.82) is 0 Å². The average Bonchev–Trinajstić information content (AvgIpc) is 2.83. The van der Waals surface area contributed by atoms with E-state index in [0.29, 0.717) is 22.4 Å². The Bertz CT molecular complexity index is 1070. The summed E-state index contributed by atoms with van der Waals surface area (Å²) in [5.74, 6) is -2.73. The van der Waals surface area contributed by atoms with E-state index in [1.807, 2.05) is 6.92 Å². The smallest absolute Gasteiger partial charge is 0.354 e. The van der Waals surface area contributed by atoms with Crippen molar-refractivity contribution in [1.82, 2.24) is 20.2 Å². The van der Waals surface area contributed by atoms with E-state index in [1.165, 1.54) is 12.4 Å². The van der Waals surface area contributed by atoms with Gasteiger partial charge in [-0.25, -0.2) is 0 Å². The Balaban J connectivity index is 1.87. The van der Waals surface area contributed by atoms with Gasteiger partial charge in [-0.3, -0.25) is 19.6 Å². The van der Waals surface area contributed by atoms with E-state index in [-0.39, 0.29) is 19.5 Å². The average molecular weight is 470 g/mol. The van der Waals surface area contributed by atoms with E-state index < -0.39 is 24.0 Å². The van der Waals surface area contributed by atoms with E-state index in [9.17, 15) is 22.8 Å². The number of benzene rings is 1. The highest BCUT2D eigenvalue weighted by molar-refractivity contribution is 5.90. The second-order valence-electron chi connectivity index (χ2n) is 7.81. The molecule has 0 saturated heterocycles. The van der Waals surface area contributed by atoms with E-state index in [1.54, 1.807) is 60.9 Å². The predicted molar refractivity (Wildman–Crippen MR) is 121 cm³/mol. The van der Waals surface area contributed by atoms with Crippen LogP contribution in [0.1, 0.15) is 28.3 Å². The maximum Gasteiger partial charge on any atom is 0.471 e. The molecule has 0 fully saturated rings. The molecular weight excluding hydrogens is 445 g/mol. The molecule has 1 unspecified atom stereocenters. The Kier molecular flexibility index (Phi) is 8.34. The highest BCUT2D eigenvalue weighted by Gasteiger charge is 2.46. The fourth-order valence-electron chi connectivity index (χ4n) is 3.51. The Morgan fingerprint density at radius 2 is 1.41 bits per heavy atom. The summed E-state index contributed by atoms with van der Waals surface area (Å²) in [5.41, 5.74) is 2.81. The lowest BCUT2D eigenvalue weighted by molar-refractivity contribution is -0.188. The highest BCUT2D eigenvalue weighted by Crippen LogP contribution is 2.28. The maximum atomic E-state index is 13.6. The molecule has 2 heterocycles. The Morgan fingerprint density at radius 1 is 0.882 bits per heavy atom. The van der Waals surface area contributed by atoms with Gasteiger partial charge in [0.15, 0.2) is 0 Å². The quantitative estimate of drug-likeness (QED) is 0.516. The van der Waals surface area contributed by atoms with Gasteiger partial charge >= 0.3 is 12.1 Å². The van der Waals surface area contributed by atoms with Gasteiger partial charge in [-0.1, -0.05) is 29.8 Å². The number of pyridine rings is 2. The number of hydrogen-bond acceptors (Lipinski definition) is 4. The minimum Gasteiger partial charge on any atom is -0.354 e. The van der Waals surface area contributed by atoms with E-state index >= 15 is 0 Å². The van der Waals surface area contributed by atoms with Crippen LogP contribution in [0.2, 0.25) is 0 Å². The zero-order chi connectivity index (χ0) is 24.6. The third-order valence-electron chi connectivity index (χ3n) is 5.31. The van der Waals surface area contributed by atoms with Crippen molar-refractivity contribution < 1.29 is 22.8 Å². The molecule has 9 heteroatoms. The summed E-state index contributed by atoms with van der Waals surface area (Å²) < 4.78 is 40.7. The van der Waals surface area contributed by atoms with Crippen LogP contribution in [-0.4, -0.2) is 45.9 Å². The van der Waals surface area contributed by atoms with Crippen molar-refractivity contribution in [2.24, 2.45) is 0 Å². The number of nitrogens with zero attached hydrogens (tertiary/aromatic N) is 3. The van der Waals surface area contributed by atoms with Gasteiger partial charge in [0.1, 0.15) is 6.04 Å². The lowest BCUT2D eigenvalue weighted by Gasteiger charge is -2.32. The van der Waals surface area contributed by atoms with Crippen molar-refractivity contribution in [3.8, 4) is 0 Å². The first-order chi connectivity index (χ1) is 16.3.